The lowest BCUT2D eigenvalue weighted by molar-refractivity contribution is 0.388. The molecule has 0 aromatic carbocycles. The molecule has 0 aromatic heterocycles. The lowest BCUT2D eigenvalue weighted by Crippen LogP contribution is -2.44. The normalized spacial score (nSPS) is 22.1. The number of nitrogens with zero attached hydrogens (tertiary/aromatic N) is 2. The molecular weight excluding hydrogens is 252 g/mol. The number of sulfonamides is 1. The number of nitrogens with one attached hydrogen (secondary N) is 1. The van der Waals surface area contributed by atoms with Crippen molar-refractivity contribution in [2.24, 2.45) is 10.7 Å². The minimum Gasteiger partial charge on any atom is -0.370 e. The predicted molar refractivity (Wildman–Crippen MR) is 73.9 cm³/mol. The van der Waals surface area contributed by atoms with Crippen LogP contribution in [0.2, 0.25) is 0 Å². The Bertz CT molecular complexity index is 430. The van der Waals surface area contributed by atoms with E-state index in [-0.39, 0.29) is 6.04 Å². The van der Waals surface area contributed by atoms with E-state index in [1.807, 2.05) is 6.92 Å². The van der Waals surface area contributed by atoms with Crippen LogP contribution in [0.4, 0.5) is 0 Å². The molecule has 104 valence electrons. The highest BCUT2D eigenvalue weighted by atomic mass is 32.2. The molecule has 0 saturated carbocycles. The Morgan fingerprint density at radius 2 is 2.28 bits per heavy atom. The van der Waals surface area contributed by atoms with E-state index in [0.717, 1.165) is 18.4 Å². The van der Waals surface area contributed by atoms with Crippen LogP contribution in [0.15, 0.2) is 17.1 Å². The van der Waals surface area contributed by atoms with E-state index in [2.05, 4.69) is 16.9 Å². The molecule has 1 rings (SSSR count). The monoisotopic (exact) mass is 274 g/mol. The lowest BCUT2D eigenvalue weighted by Gasteiger charge is -2.22. The molecule has 18 heavy (non-hydrogen) atoms. The number of hydrogen-bond acceptors (Lipinski definition) is 3. The largest absolute Gasteiger partial charge is 0.370 e. The van der Waals surface area contributed by atoms with Gasteiger partial charge in [0, 0.05) is 19.1 Å². The fraction of sp³-hybridized carbons (Fsp3) is 0.727. The zero-order valence-corrected chi connectivity index (χ0v) is 11.8. The maximum Gasteiger partial charge on any atom is 0.211 e. The fourth-order valence-corrected chi connectivity index (χ4v) is 3.13. The first kappa shape index (κ1) is 15.0. The van der Waals surface area contributed by atoms with Gasteiger partial charge in [-0.15, -0.1) is 0 Å². The molecule has 0 spiro atoms. The molecule has 0 amide bonds. The highest BCUT2D eigenvalue weighted by Gasteiger charge is 2.30. The Morgan fingerprint density at radius 1 is 1.61 bits per heavy atom. The number of nitrogens with two attached hydrogens (primary N) is 1. The second-order valence-corrected chi connectivity index (χ2v) is 6.64. The summed E-state index contributed by atoms with van der Waals surface area (Å²) >= 11 is 0. The van der Waals surface area contributed by atoms with Gasteiger partial charge in [-0.05, 0) is 19.8 Å². The van der Waals surface area contributed by atoms with Gasteiger partial charge in [0.1, 0.15) is 0 Å². The quantitative estimate of drug-likeness (QED) is 0.416. The van der Waals surface area contributed by atoms with Crippen molar-refractivity contribution >= 4 is 16.0 Å². The summed E-state index contributed by atoms with van der Waals surface area (Å²) in [5.41, 5.74) is 6.61. The van der Waals surface area contributed by atoms with Gasteiger partial charge in [0.2, 0.25) is 10.0 Å². The maximum atomic E-state index is 11.5. The van der Waals surface area contributed by atoms with E-state index < -0.39 is 10.0 Å². The van der Waals surface area contributed by atoms with Crippen LogP contribution in [-0.2, 0) is 10.0 Å². The van der Waals surface area contributed by atoms with Gasteiger partial charge in [-0.2, -0.15) is 4.31 Å². The third-order valence-corrected chi connectivity index (χ3v) is 4.12. The molecule has 1 saturated heterocycles. The smallest absolute Gasteiger partial charge is 0.211 e. The summed E-state index contributed by atoms with van der Waals surface area (Å²) < 4.78 is 24.6. The molecule has 1 aliphatic heterocycles. The summed E-state index contributed by atoms with van der Waals surface area (Å²) in [6.45, 7) is 7.18. The average molecular weight is 274 g/mol. The van der Waals surface area contributed by atoms with Crippen molar-refractivity contribution in [1.29, 1.82) is 0 Å². The van der Waals surface area contributed by atoms with Crippen LogP contribution >= 0.6 is 0 Å². The van der Waals surface area contributed by atoms with Crippen molar-refractivity contribution in [3.63, 3.8) is 0 Å². The topological polar surface area (TPSA) is 87.8 Å². The van der Waals surface area contributed by atoms with Crippen LogP contribution in [0.25, 0.3) is 0 Å². The van der Waals surface area contributed by atoms with Gasteiger partial charge in [-0.1, -0.05) is 12.2 Å². The van der Waals surface area contributed by atoms with Gasteiger partial charge < -0.3 is 11.1 Å². The van der Waals surface area contributed by atoms with E-state index in [1.165, 1.54) is 10.6 Å². The molecule has 1 fully saturated rings. The second kappa shape index (κ2) is 6.19. The Morgan fingerprint density at radius 3 is 2.83 bits per heavy atom. The summed E-state index contributed by atoms with van der Waals surface area (Å²) in [6, 6.07) is -0.0291. The van der Waals surface area contributed by atoms with Crippen LogP contribution in [0.3, 0.4) is 0 Å². The maximum absolute atomic E-state index is 11.5. The number of hydrogen-bond donors (Lipinski definition) is 2. The van der Waals surface area contributed by atoms with Crippen molar-refractivity contribution < 1.29 is 8.42 Å². The second-order valence-electron chi connectivity index (χ2n) is 4.71. The fourth-order valence-electron chi connectivity index (χ4n) is 1.95. The minimum atomic E-state index is -3.13. The Kier molecular flexibility index (Phi) is 5.15. The Hall–Kier alpha value is -1.08. The summed E-state index contributed by atoms with van der Waals surface area (Å²) in [6.07, 6.45) is 2.99. The van der Waals surface area contributed by atoms with E-state index in [4.69, 9.17) is 5.73 Å². The molecule has 6 nitrogen and oxygen atoms in total. The highest BCUT2D eigenvalue weighted by Crippen LogP contribution is 2.19. The number of guanidine groups is 1. The molecule has 1 atom stereocenters. The molecule has 0 unspecified atom stereocenters. The van der Waals surface area contributed by atoms with Crippen LogP contribution < -0.4 is 11.1 Å². The first-order valence-electron chi connectivity index (χ1n) is 5.95. The first-order chi connectivity index (χ1) is 8.30. The summed E-state index contributed by atoms with van der Waals surface area (Å²) in [5, 5.41) is 2.96. The Labute approximate surface area is 109 Å². The number of aliphatic imine (C=N–C) groups is 1. The first-order valence-corrected chi connectivity index (χ1v) is 7.80. The van der Waals surface area contributed by atoms with Gasteiger partial charge in [0.05, 0.1) is 12.8 Å². The molecule has 7 heteroatoms. The molecule has 0 aliphatic carbocycles. The highest BCUT2D eigenvalue weighted by molar-refractivity contribution is 7.88. The zero-order valence-electron chi connectivity index (χ0n) is 11.0. The van der Waals surface area contributed by atoms with Gasteiger partial charge in [0.25, 0.3) is 0 Å². The minimum absolute atomic E-state index is 0.0291. The Balaban J connectivity index is 2.48. The molecule has 0 aromatic rings. The van der Waals surface area contributed by atoms with Crippen molar-refractivity contribution in [3.05, 3.63) is 12.2 Å². The molecule has 3 N–H and O–H groups in total. The van der Waals surface area contributed by atoms with Gasteiger partial charge >= 0.3 is 0 Å². The summed E-state index contributed by atoms with van der Waals surface area (Å²) in [7, 11) is -3.13. The molecule has 1 aliphatic rings. The van der Waals surface area contributed by atoms with E-state index >= 15 is 0 Å². The SMILES string of the molecule is C=C(C)CN=C(N)NC[C@H]1CCCN1S(C)(=O)=O. The van der Waals surface area contributed by atoms with E-state index in [0.29, 0.717) is 25.6 Å². The van der Waals surface area contributed by atoms with Crippen LogP contribution in [-0.4, -0.2) is 50.6 Å². The van der Waals surface area contributed by atoms with E-state index in [9.17, 15) is 8.42 Å². The van der Waals surface area contributed by atoms with Gasteiger partial charge in [-0.3, -0.25) is 0 Å². The van der Waals surface area contributed by atoms with E-state index in [1.54, 1.807) is 0 Å². The van der Waals surface area contributed by atoms with Crippen LogP contribution in [0.5, 0.6) is 0 Å². The van der Waals surface area contributed by atoms with Gasteiger partial charge in [-0.25, -0.2) is 13.4 Å². The van der Waals surface area contributed by atoms with Crippen LogP contribution in [0.1, 0.15) is 19.8 Å². The summed E-state index contributed by atoms with van der Waals surface area (Å²) in [4.78, 5) is 4.09. The van der Waals surface area contributed by atoms with Crippen molar-refractivity contribution in [2.45, 2.75) is 25.8 Å². The van der Waals surface area contributed by atoms with Crippen LogP contribution in [0, 0.1) is 0 Å². The van der Waals surface area contributed by atoms with Crippen molar-refractivity contribution in [3.8, 4) is 0 Å². The average Bonchev–Trinajstić information content (AvgIpc) is 2.71. The lowest BCUT2D eigenvalue weighted by atomic mass is 10.2. The number of rotatable bonds is 5. The molecule has 0 radical (unpaired) electrons. The molecule has 0 bridgehead atoms. The standard InChI is InChI=1S/C11H22N4O2S/c1-9(2)7-13-11(12)14-8-10-5-4-6-15(10)18(3,16)17/h10H,1,4-8H2,2-3H3,(H3,12,13,14)/t10-/m1/s1. The van der Waals surface area contributed by atoms with Gasteiger partial charge in [0.15, 0.2) is 5.96 Å². The zero-order chi connectivity index (χ0) is 13.8. The summed E-state index contributed by atoms with van der Waals surface area (Å²) in [5.74, 6) is 0.332. The molecular formula is C11H22N4O2S. The van der Waals surface area contributed by atoms with Crippen molar-refractivity contribution in [2.75, 3.05) is 25.9 Å². The van der Waals surface area contributed by atoms with Crippen molar-refractivity contribution in [1.82, 2.24) is 9.62 Å². The predicted octanol–water partition coefficient (Wildman–Crippen LogP) is -0.109. The third-order valence-electron chi connectivity index (χ3n) is 2.79. The third kappa shape index (κ3) is 4.66. The molecule has 1 heterocycles.